The van der Waals surface area contributed by atoms with Crippen molar-refractivity contribution < 1.29 is 27.5 Å². The number of nitrogens with one attached hydrogen (secondary N) is 1. The Kier molecular flexibility index (Phi) is 7.73. The third-order valence-corrected chi connectivity index (χ3v) is 6.01. The summed E-state index contributed by atoms with van der Waals surface area (Å²) in [5, 5.41) is 11.4. The van der Waals surface area contributed by atoms with Crippen LogP contribution in [0.25, 0.3) is 11.3 Å². The van der Waals surface area contributed by atoms with Gasteiger partial charge in [-0.25, -0.2) is 0 Å². The van der Waals surface area contributed by atoms with Crippen LogP contribution in [-0.2, 0) is 33.5 Å². The predicted molar refractivity (Wildman–Crippen MR) is 124 cm³/mol. The monoisotopic (exact) mass is 498 g/mol. The van der Waals surface area contributed by atoms with E-state index in [4.69, 9.17) is 4.74 Å². The van der Waals surface area contributed by atoms with Crippen molar-refractivity contribution in [2.75, 3.05) is 0 Å². The summed E-state index contributed by atoms with van der Waals surface area (Å²) in [5.41, 5.74) is 1.88. The molecule has 0 radical (unpaired) electrons. The molecule has 0 bridgehead atoms. The molecule has 2 aromatic heterocycles. The maximum atomic E-state index is 13.2. The summed E-state index contributed by atoms with van der Waals surface area (Å²) in [5.74, 6) is -0.400. The van der Waals surface area contributed by atoms with Gasteiger partial charge in [0.1, 0.15) is 12.4 Å². The van der Waals surface area contributed by atoms with Crippen molar-refractivity contribution in [3.05, 3.63) is 77.2 Å². The van der Waals surface area contributed by atoms with Crippen LogP contribution < -0.4 is 5.32 Å². The van der Waals surface area contributed by atoms with Gasteiger partial charge in [-0.3, -0.25) is 9.78 Å². The van der Waals surface area contributed by atoms with Gasteiger partial charge in [-0.1, -0.05) is 25.1 Å². The van der Waals surface area contributed by atoms with Gasteiger partial charge in [-0.05, 0) is 48.6 Å². The Hall–Kier alpha value is -3.66. The Morgan fingerprint density at radius 3 is 2.78 bits per heavy atom. The second-order valence-electron chi connectivity index (χ2n) is 8.92. The van der Waals surface area contributed by atoms with E-state index in [0.29, 0.717) is 36.9 Å². The quantitative estimate of drug-likeness (QED) is 0.362. The number of aldehydes is 1. The minimum absolute atomic E-state index is 0.162. The standard InChI is InChI=1S/C26H25F3N4O3/c1-16-8-23-21(12-22(32-33-23)18-5-2-6-19(10-18)26(27,28)29)24(9-16)36-25(35)11-20(15-34)31-14-17-4-3-7-30-13-17/h2-7,10,12-13,15-16,20,24,31H,8-9,11,14H2,1H3. The highest BCUT2D eigenvalue weighted by atomic mass is 19.4. The van der Waals surface area contributed by atoms with Gasteiger partial charge in [0.2, 0.25) is 0 Å². The molecule has 7 nitrogen and oxygen atoms in total. The number of carbonyl (C=O) groups is 2. The van der Waals surface area contributed by atoms with Crippen LogP contribution in [0.15, 0.2) is 54.9 Å². The second kappa shape index (κ2) is 10.9. The number of hydrogen-bond donors (Lipinski definition) is 1. The maximum absolute atomic E-state index is 13.2. The molecule has 0 aliphatic heterocycles. The molecule has 1 aliphatic rings. The maximum Gasteiger partial charge on any atom is 0.416 e. The number of hydrogen-bond acceptors (Lipinski definition) is 7. The molecule has 3 unspecified atom stereocenters. The van der Waals surface area contributed by atoms with E-state index in [1.165, 1.54) is 12.1 Å². The Balaban J connectivity index is 1.49. The van der Waals surface area contributed by atoms with Gasteiger partial charge in [0.25, 0.3) is 0 Å². The number of pyridine rings is 1. The van der Waals surface area contributed by atoms with Crippen molar-refractivity contribution in [2.45, 2.75) is 51.1 Å². The highest BCUT2D eigenvalue weighted by Gasteiger charge is 2.32. The number of fused-ring (bicyclic) bond motifs is 1. The molecule has 2 heterocycles. The van der Waals surface area contributed by atoms with E-state index in [0.717, 1.165) is 17.7 Å². The molecule has 0 spiro atoms. The first-order valence-electron chi connectivity index (χ1n) is 11.5. The van der Waals surface area contributed by atoms with Crippen LogP contribution >= 0.6 is 0 Å². The van der Waals surface area contributed by atoms with Gasteiger partial charge < -0.3 is 14.8 Å². The largest absolute Gasteiger partial charge is 0.457 e. The number of esters is 1. The van der Waals surface area contributed by atoms with Crippen LogP contribution in [0.4, 0.5) is 13.2 Å². The second-order valence-corrected chi connectivity index (χ2v) is 8.92. The lowest BCUT2D eigenvalue weighted by Gasteiger charge is -2.29. The van der Waals surface area contributed by atoms with Crippen molar-refractivity contribution in [2.24, 2.45) is 5.92 Å². The van der Waals surface area contributed by atoms with Crippen molar-refractivity contribution in [1.82, 2.24) is 20.5 Å². The van der Waals surface area contributed by atoms with E-state index in [1.54, 1.807) is 24.5 Å². The van der Waals surface area contributed by atoms with Crippen LogP contribution in [0.3, 0.4) is 0 Å². The number of alkyl halides is 3. The zero-order valence-corrected chi connectivity index (χ0v) is 19.5. The first kappa shape index (κ1) is 25.4. The highest BCUT2D eigenvalue weighted by Crippen LogP contribution is 2.37. The summed E-state index contributed by atoms with van der Waals surface area (Å²) < 4.78 is 45.2. The molecule has 188 valence electrons. The first-order valence-corrected chi connectivity index (χ1v) is 11.5. The molecule has 10 heteroatoms. The molecule has 1 aliphatic carbocycles. The van der Waals surface area contributed by atoms with Crippen LogP contribution in [0, 0.1) is 5.92 Å². The lowest BCUT2D eigenvalue weighted by atomic mass is 9.85. The van der Waals surface area contributed by atoms with Crippen LogP contribution in [0.5, 0.6) is 0 Å². The Morgan fingerprint density at radius 1 is 1.22 bits per heavy atom. The number of carbonyl (C=O) groups excluding carboxylic acids is 2. The number of rotatable bonds is 8. The van der Waals surface area contributed by atoms with Crippen LogP contribution in [0.2, 0.25) is 0 Å². The van der Waals surface area contributed by atoms with Crippen molar-refractivity contribution in [1.29, 1.82) is 0 Å². The molecular weight excluding hydrogens is 473 g/mol. The molecular formula is C26H25F3N4O3. The molecule has 1 N–H and O–H groups in total. The average molecular weight is 499 g/mol. The minimum Gasteiger partial charge on any atom is -0.457 e. The van der Waals surface area contributed by atoms with Crippen molar-refractivity contribution in [3.63, 3.8) is 0 Å². The number of ether oxygens (including phenoxy) is 1. The third-order valence-electron chi connectivity index (χ3n) is 6.01. The number of aromatic nitrogens is 3. The molecule has 3 atom stereocenters. The Bertz CT molecular complexity index is 1220. The van der Waals surface area contributed by atoms with E-state index in [9.17, 15) is 22.8 Å². The van der Waals surface area contributed by atoms with E-state index in [1.807, 2.05) is 13.0 Å². The Morgan fingerprint density at radius 2 is 2.06 bits per heavy atom. The fourth-order valence-corrected chi connectivity index (χ4v) is 4.19. The minimum atomic E-state index is -4.48. The lowest BCUT2D eigenvalue weighted by Crippen LogP contribution is -2.33. The zero-order chi connectivity index (χ0) is 25.7. The van der Waals surface area contributed by atoms with E-state index < -0.39 is 29.9 Å². The third kappa shape index (κ3) is 6.31. The van der Waals surface area contributed by atoms with E-state index in [2.05, 4.69) is 20.5 Å². The van der Waals surface area contributed by atoms with Crippen LogP contribution in [-0.4, -0.2) is 33.5 Å². The van der Waals surface area contributed by atoms with Crippen molar-refractivity contribution in [3.8, 4) is 11.3 Å². The molecule has 0 amide bonds. The lowest BCUT2D eigenvalue weighted by molar-refractivity contribution is -0.152. The SMILES string of the molecule is CC1Cc2nnc(-c3cccc(C(F)(F)F)c3)cc2C(OC(=O)CC(C=O)NCc2cccnc2)C1. The van der Waals surface area contributed by atoms with Gasteiger partial charge in [0, 0.05) is 30.1 Å². The summed E-state index contributed by atoms with van der Waals surface area (Å²) in [4.78, 5) is 28.3. The average Bonchev–Trinajstić information content (AvgIpc) is 2.86. The Labute approximate surface area is 206 Å². The molecule has 36 heavy (non-hydrogen) atoms. The zero-order valence-electron chi connectivity index (χ0n) is 19.5. The molecule has 3 aromatic rings. The number of benzene rings is 1. The fraction of sp³-hybridized carbons (Fsp3) is 0.346. The highest BCUT2D eigenvalue weighted by molar-refractivity contribution is 5.76. The molecule has 0 fully saturated rings. The van der Waals surface area contributed by atoms with Gasteiger partial charge in [0.15, 0.2) is 0 Å². The first-order chi connectivity index (χ1) is 17.2. The molecule has 0 saturated heterocycles. The van der Waals surface area contributed by atoms with Gasteiger partial charge in [-0.15, -0.1) is 0 Å². The van der Waals surface area contributed by atoms with Gasteiger partial charge >= 0.3 is 12.1 Å². The summed E-state index contributed by atoms with van der Waals surface area (Å²) in [7, 11) is 0. The van der Waals surface area contributed by atoms with Crippen LogP contribution in [0.1, 0.15) is 48.3 Å². The normalized spacial score (nSPS) is 18.2. The van der Waals surface area contributed by atoms with Gasteiger partial charge in [-0.2, -0.15) is 23.4 Å². The van der Waals surface area contributed by atoms with Crippen molar-refractivity contribution >= 4 is 12.3 Å². The molecule has 4 rings (SSSR count). The summed E-state index contributed by atoms with van der Waals surface area (Å²) >= 11 is 0. The fourth-order valence-electron chi connectivity index (χ4n) is 4.19. The summed E-state index contributed by atoms with van der Waals surface area (Å²) in [6.07, 6.45) is -0.174. The number of halogens is 3. The molecule has 0 saturated carbocycles. The molecule has 1 aromatic carbocycles. The predicted octanol–water partition coefficient (Wildman–Crippen LogP) is 4.47. The number of nitrogens with zero attached hydrogens (tertiary/aromatic N) is 3. The van der Waals surface area contributed by atoms with E-state index >= 15 is 0 Å². The van der Waals surface area contributed by atoms with E-state index in [-0.39, 0.29) is 23.6 Å². The van der Waals surface area contributed by atoms with Gasteiger partial charge in [0.05, 0.1) is 29.4 Å². The summed E-state index contributed by atoms with van der Waals surface area (Å²) in [6, 6.07) is 9.38. The summed E-state index contributed by atoms with van der Waals surface area (Å²) in [6.45, 7) is 2.36. The topological polar surface area (TPSA) is 94.1 Å². The smallest absolute Gasteiger partial charge is 0.416 e.